The maximum Gasteiger partial charge on any atom is 0.327 e. The molecule has 112 valence electrons. The van der Waals surface area contributed by atoms with Crippen molar-refractivity contribution >= 4 is 27.0 Å². The molecule has 0 aromatic carbocycles. The average molecular weight is 319 g/mol. The van der Waals surface area contributed by atoms with Crippen LogP contribution in [0.4, 0.5) is 0 Å². The lowest BCUT2D eigenvalue weighted by Gasteiger charge is -2.06. The predicted molar refractivity (Wildman–Crippen MR) is 79.9 cm³/mol. The molecule has 0 saturated carbocycles. The lowest BCUT2D eigenvalue weighted by Crippen LogP contribution is -2.28. The van der Waals surface area contributed by atoms with Gasteiger partial charge in [-0.05, 0) is 12.1 Å². The van der Waals surface area contributed by atoms with Crippen LogP contribution in [0.3, 0.4) is 0 Å². The third-order valence-corrected chi connectivity index (χ3v) is 4.03. The summed E-state index contributed by atoms with van der Waals surface area (Å²) >= 11 is 1.55. The fourth-order valence-corrected chi connectivity index (χ4v) is 2.67. The van der Waals surface area contributed by atoms with E-state index in [0.29, 0.717) is 11.5 Å². The van der Waals surface area contributed by atoms with Crippen molar-refractivity contribution in [1.82, 2.24) is 10.3 Å². The summed E-state index contributed by atoms with van der Waals surface area (Å²) in [7, 11) is -1.30. The van der Waals surface area contributed by atoms with E-state index in [1.165, 1.54) is 7.05 Å². The van der Waals surface area contributed by atoms with Crippen LogP contribution in [-0.2, 0) is 15.9 Å². The standard InChI is InChI=1S/C11H17N3O4S2/c1-12-11(20(15,16)17)14-6-7-19-8-9-10(18-2)4-3-5-13-9/h3-5H,6-8H2,1-2H3,(H,12,14)(H,15,16,17). The van der Waals surface area contributed by atoms with Crippen LogP contribution >= 0.6 is 11.8 Å². The van der Waals surface area contributed by atoms with Crippen molar-refractivity contribution in [1.29, 1.82) is 0 Å². The molecule has 0 aliphatic heterocycles. The SMILES string of the molecule is CN/C(=N\CCSCc1ncccc1OC)S(=O)(=O)O. The Morgan fingerprint density at radius 2 is 2.35 bits per heavy atom. The van der Waals surface area contributed by atoms with E-state index in [0.717, 1.165) is 11.4 Å². The predicted octanol–water partition coefficient (Wildman–Crippen LogP) is 0.787. The normalized spacial score (nSPS) is 12.2. The quantitative estimate of drug-likeness (QED) is 0.346. The largest absolute Gasteiger partial charge is 0.495 e. The van der Waals surface area contributed by atoms with E-state index < -0.39 is 15.3 Å². The summed E-state index contributed by atoms with van der Waals surface area (Å²) in [5.41, 5.74) is 0.826. The van der Waals surface area contributed by atoms with Gasteiger partial charge in [0.05, 0.1) is 19.3 Å². The maximum absolute atomic E-state index is 10.9. The minimum absolute atomic E-state index is 0.274. The van der Waals surface area contributed by atoms with Crippen LogP contribution in [0.2, 0.25) is 0 Å². The zero-order valence-corrected chi connectivity index (χ0v) is 12.9. The van der Waals surface area contributed by atoms with Gasteiger partial charge in [0.1, 0.15) is 5.75 Å². The fraction of sp³-hybridized carbons (Fsp3) is 0.455. The Hall–Kier alpha value is -1.32. The first-order valence-corrected chi connectivity index (χ1v) is 8.34. The van der Waals surface area contributed by atoms with Crippen LogP contribution in [0.5, 0.6) is 5.75 Å². The Balaban J connectivity index is 2.44. The van der Waals surface area contributed by atoms with E-state index in [4.69, 9.17) is 9.29 Å². The van der Waals surface area contributed by atoms with E-state index in [2.05, 4.69) is 15.3 Å². The van der Waals surface area contributed by atoms with Gasteiger partial charge in [0.2, 0.25) is 5.17 Å². The van der Waals surface area contributed by atoms with Crippen LogP contribution < -0.4 is 10.1 Å². The zero-order chi connectivity index (χ0) is 15.0. The summed E-state index contributed by atoms with van der Waals surface area (Å²) in [5, 5.41) is 1.92. The zero-order valence-electron chi connectivity index (χ0n) is 11.2. The Labute approximate surface area is 122 Å². The maximum atomic E-state index is 10.9. The van der Waals surface area contributed by atoms with Gasteiger partial charge >= 0.3 is 10.1 Å². The summed E-state index contributed by atoms with van der Waals surface area (Å²) in [6.45, 7) is 0.274. The fourth-order valence-electron chi connectivity index (χ4n) is 1.39. The molecule has 0 aliphatic rings. The average Bonchev–Trinajstić information content (AvgIpc) is 2.41. The number of nitrogens with one attached hydrogen (secondary N) is 1. The highest BCUT2D eigenvalue weighted by Crippen LogP contribution is 2.20. The molecule has 0 saturated heterocycles. The first-order valence-electron chi connectivity index (χ1n) is 5.74. The molecule has 0 fully saturated rings. The summed E-state index contributed by atoms with van der Waals surface area (Å²) in [6.07, 6.45) is 1.69. The molecular weight excluding hydrogens is 302 g/mol. The number of nitrogens with zero attached hydrogens (tertiary/aromatic N) is 2. The molecule has 1 aromatic rings. The van der Waals surface area contributed by atoms with Gasteiger partial charge < -0.3 is 10.1 Å². The molecule has 1 aromatic heterocycles. The van der Waals surface area contributed by atoms with Gasteiger partial charge in [-0.15, -0.1) is 0 Å². The van der Waals surface area contributed by atoms with Gasteiger partial charge in [-0.3, -0.25) is 14.5 Å². The van der Waals surface area contributed by atoms with Crippen LogP contribution in [0.1, 0.15) is 5.69 Å². The lowest BCUT2D eigenvalue weighted by atomic mass is 10.3. The molecule has 20 heavy (non-hydrogen) atoms. The molecule has 0 amide bonds. The van der Waals surface area contributed by atoms with E-state index >= 15 is 0 Å². The molecule has 0 unspecified atom stereocenters. The highest BCUT2D eigenvalue weighted by Gasteiger charge is 2.12. The van der Waals surface area contributed by atoms with Crippen molar-refractivity contribution in [3.63, 3.8) is 0 Å². The van der Waals surface area contributed by atoms with Gasteiger partial charge in [0.15, 0.2) is 0 Å². The van der Waals surface area contributed by atoms with Crippen molar-refractivity contribution < 1.29 is 17.7 Å². The third kappa shape index (κ3) is 5.35. The molecule has 0 aliphatic carbocycles. The van der Waals surface area contributed by atoms with Crippen molar-refractivity contribution in [3.05, 3.63) is 24.0 Å². The number of ether oxygens (including phenoxy) is 1. The van der Waals surface area contributed by atoms with Crippen molar-refractivity contribution in [2.75, 3.05) is 26.5 Å². The second-order valence-corrected chi connectivity index (χ2v) is 6.06. The van der Waals surface area contributed by atoms with Crippen LogP contribution in [-0.4, -0.2) is 49.6 Å². The first kappa shape index (κ1) is 16.7. The van der Waals surface area contributed by atoms with Crippen LogP contribution in [0.15, 0.2) is 23.3 Å². The Bertz CT molecular complexity index is 561. The molecule has 0 radical (unpaired) electrons. The van der Waals surface area contributed by atoms with Gasteiger partial charge in [0, 0.05) is 24.8 Å². The number of rotatable bonds is 6. The molecule has 2 N–H and O–H groups in total. The number of aromatic nitrogens is 1. The smallest absolute Gasteiger partial charge is 0.327 e. The monoisotopic (exact) mass is 319 g/mol. The van der Waals surface area contributed by atoms with E-state index in [9.17, 15) is 8.42 Å². The van der Waals surface area contributed by atoms with Crippen molar-refractivity contribution in [2.24, 2.45) is 4.99 Å². The van der Waals surface area contributed by atoms with E-state index in [-0.39, 0.29) is 6.54 Å². The number of hydrogen-bond donors (Lipinski definition) is 2. The summed E-state index contributed by atoms with van der Waals surface area (Å²) in [4.78, 5) is 7.99. The number of thioether (sulfide) groups is 1. The van der Waals surface area contributed by atoms with Crippen molar-refractivity contribution in [3.8, 4) is 5.75 Å². The van der Waals surface area contributed by atoms with Gasteiger partial charge in [-0.1, -0.05) is 0 Å². The molecular formula is C11H17N3O4S2. The minimum Gasteiger partial charge on any atom is -0.495 e. The highest BCUT2D eigenvalue weighted by atomic mass is 32.2. The number of amidine groups is 1. The Morgan fingerprint density at radius 3 is 2.95 bits per heavy atom. The lowest BCUT2D eigenvalue weighted by molar-refractivity contribution is 0.409. The summed E-state index contributed by atoms with van der Waals surface area (Å²) < 4.78 is 35.7. The van der Waals surface area contributed by atoms with E-state index in [1.807, 2.05) is 6.07 Å². The molecule has 0 spiro atoms. The van der Waals surface area contributed by atoms with E-state index in [1.54, 1.807) is 31.1 Å². The minimum atomic E-state index is -4.27. The summed E-state index contributed by atoms with van der Waals surface area (Å²) in [6, 6.07) is 3.63. The first-order chi connectivity index (χ1) is 9.49. The third-order valence-electron chi connectivity index (χ3n) is 2.26. The number of pyridine rings is 1. The summed E-state index contributed by atoms with van der Waals surface area (Å²) in [5.74, 6) is 1.96. The van der Waals surface area contributed by atoms with Gasteiger partial charge in [-0.2, -0.15) is 20.2 Å². The van der Waals surface area contributed by atoms with Crippen molar-refractivity contribution in [2.45, 2.75) is 5.75 Å². The molecule has 0 atom stereocenters. The van der Waals surface area contributed by atoms with Gasteiger partial charge in [0.25, 0.3) is 0 Å². The molecule has 0 bridgehead atoms. The molecule has 9 heteroatoms. The Morgan fingerprint density at radius 1 is 1.60 bits per heavy atom. The second-order valence-electron chi connectivity index (χ2n) is 3.62. The van der Waals surface area contributed by atoms with Gasteiger partial charge in [-0.25, -0.2) is 0 Å². The number of methoxy groups -OCH3 is 1. The molecule has 1 heterocycles. The molecule has 7 nitrogen and oxygen atoms in total. The second kappa shape index (κ2) is 8.08. The number of hydrogen-bond acceptors (Lipinski definition) is 6. The topological polar surface area (TPSA) is 101 Å². The number of aliphatic imine (C=N–C) groups is 1. The molecule has 1 rings (SSSR count). The highest BCUT2D eigenvalue weighted by molar-refractivity contribution is 8.01. The Kier molecular flexibility index (Phi) is 6.76. The van der Waals surface area contributed by atoms with Crippen LogP contribution in [0.25, 0.3) is 0 Å². The van der Waals surface area contributed by atoms with Crippen LogP contribution in [0, 0.1) is 0 Å².